The van der Waals surface area contributed by atoms with E-state index in [1.54, 1.807) is 29.7 Å². The van der Waals surface area contributed by atoms with Gasteiger partial charge in [-0.1, -0.05) is 11.8 Å². The lowest BCUT2D eigenvalue weighted by molar-refractivity contribution is 0.0945. The van der Waals surface area contributed by atoms with Crippen LogP contribution in [0.15, 0.2) is 35.2 Å². The lowest BCUT2D eigenvalue weighted by Crippen LogP contribution is -2.24. The Morgan fingerprint density at radius 1 is 1.47 bits per heavy atom. The van der Waals surface area contributed by atoms with Crippen molar-refractivity contribution in [1.29, 1.82) is 0 Å². The quantitative estimate of drug-likeness (QED) is 0.831. The molecule has 2 heterocycles. The van der Waals surface area contributed by atoms with E-state index in [9.17, 15) is 4.79 Å². The molecule has 0 fully saturated rings. The van der Waals surface area contributed by atoms with Crippen molar-refractivity contribution in [3.8, 4) is 11.8 Å². The molecule has 19 heavy (non-hydrogen) atoms. The number of aromatic nitrogens is 1. The smallest absolute Gasteiger partial charge is 0.271 e. The van der Waals surface area contributed by atoms with Gasteiger partial charge in [-0.05, 0) is 34.5 Å². The van der Waals surface area contributed by atoms with Gasteiger partial charge in [-0.2, -0.15) is 11.3 Å². The number of carbonyl (C=O) groups is 1. The van der Waals surface area contributed by atoms with Crippen molar-refractivity contribution in [3.63, 3.8) is 0 Å². The van der Waals surface area contributed by atoms with Crippen molar-refractivity contribution in [1.82, 2.24) is 10.3 Å². The number of aliphatic hydroxyl groups is 1. The predicted octanol–water partition coefficient (Wildman–Crippen LogP) is 1.42. The van der Waals surface area contributed by atoms with Gasteiger partial charge in [0.1, 0.15) is 12.3 Å². The van der Waals surface area contributed by atoms with Crippen molar-refractivity contribution >= 4 is 17.2 Å². The van der Waals surface area contributed by atoms with Gasteiger partial charge in [-0.15, -0.1) is 0 Å². The Kier molecular flexibility index (Phi) is 4.67. The van der Waals surface area contributed by atoms with Crippen molar-refractivity contribution in [2.75, 3.05) is 6.61 Å². The van der Waals surface area contributed by atoms with Crippen molar-refractivity contribution in [3.05, 3.63) is 52.0 Å². The maximum atomic E-state index is 12.0. The molecule has 0 bridgehead atoms. The van der Waals surface area contributed by atoms with E-state index in [1.165, 1.54) is 0 Å². The monoisotopic (exact) mass is 272 g/mol. The van der Waals surface area contributed by atoms with Gasteiger partial charge in [-0.25, -0.2) is 4.98 Å². The second-order valence-electron chi connectivity index (χ2n) is 3.67. The average Bonchev–Trinajstić information content (AvgIpc) is 2.96. The maximum absolute atomic E-state index is 12.0. The Morgan fingerprint density at radius 2 is 2.37 bits per heavy atom. The third-order valence-electron chi connectivity index (χ3n) is 2.36. The molecule has 1 amide bonds. The summed E-state index contributed by atoms with van der Waals surface area (Å²) < 4.78 is 0. The highest BCUT2D eigenvalue weighted by molar-refractivity contribution is 7.07. The number of nitrogens with zero attached hydrogens (tertiary/aromatic N) is 1. The molecule has 2 aromatic rings. The molecule has 5 heteroatoms. The Labute approximate surface area is 115 Å². The zero-order valence-electron chi connectivity index (χ0n) is 10.1. The largest absolute Gasteiger partial charge is 0.384 e. The van der Waals surface area contributed by atoms with E-state index < -0.39 is 0 Å². The number of rotatable bonds is 3. The molecule has 0 aromatic carbocycles. The molecule has 0 radical (unpaired) electrons. The topological polar surface area (TPSA) is 62.2 Å². The van der Waals surface area contributed by atoms with Crippen LogP contribution < -0.4 is 5.32 Å². The molecule has 2 aromatic heterocycles. The SMILES string of the molecule is O=C(NCc1ccsc1)c1ncccc1C#CCO. The van der Waals surface area contributed by atoms with Crippen LogP contribution in [0.2, 0.25) is 0 Å². The molecule has 0 aliphatic carbocycles. The third-order valence-corrected chi connectivity index (χ3v) is 3.09. The van der Waals surface area contributed by atoms with Crippen molar-refractivity contribution in [2.24, 2.45) is 0 Å². The van der Waals surface area contributed by atoms with Gasteiger partial charge in [0.2, 0.25) is 0 Å². The number of pyridine rings is 1. The zero-order valence-corrected chi connectivity index (χ0v) is 10.9. The molecule has 0 aliphatic heterocycles. The molecule has 2 N–H and O–H groups in total. The van der Waals surface area contributed by atoms with Gasteiger partial charge in [0.15, 0.2) is 0 Å². The third kappa shape index (κ3) is 3.65. The van der Waals surface area contributed by atoms with E-state index in [4.69, 9.17) is 5.11 Å². The summed E-state index contributed by atoms with van der Waals surface area (Å²) in [5, 5.41) is 15.4. The molecule has 96 valence electrons. The minimum Gasteiger partial charge on any atom is -0.384 e. The molecule has 0 saturated carbocycles. The summed E-state index contributed by atoms with van der Waals surface area (Å²) in [5.41, 5.74) is 1.84. The summed E-state index contributed by atoms with van der Waals surface area (Å²) in [6, 6.07) is 5.36. The molecule has 2 rings (SSSR count). The molecule has 4 nitrogen and oxygen atoms in total. The zero-order chi connectivity index (χ0) is 13.5. The fraction of sp³-hybridized carbons (Fsp3) is 0.143. The highest BCUT2D eigenvalue weighted by Crippen LogP contribution is 2.07. The summed E-state index contributed by atoms with van der Waals surface area (Å²) in [5.74, 6) is 4.96. The first kappa shape index (κ1) is 13.3. The Hall–Kier alpha value is -2.16. The lowest BCUT2D eigenvalue weighted by atomic mass is 10.2. The van der Waals surface area contributed by atoms with Crippen molar-refractivity contribution in [2.45, 2.75) is 6.54 Å². The molecular formula is C14H12N2O2S. The van der Waals surface area contributed by atoms with Gasteiger partial charge < -0.3 is 10.4 Å². The van der Waals surface area contributed by atoms with Crippen LogP contribution >= 0.6 is 11.3 Å². The number of nitrogens with one attached hydrogen (secondary N) is 1. The highest BCUT2D eigenvalue weighted by Gasteiger charge is 2.10. The van der Waals surface area contributed by atoms with Crippen LogP contribution in [0.5, 0.6) is 0 Å². The van der Waals surface area contributed by atoms with E-state index >= 15 is 0 Å². The van der Waals surface area contributed by atoms with Gasteiger partial charge >= 0.3 is 0 Å². The fourth-order valence-corrected chi connectivity index (χ4v) is 2.15. The molecule has 0 unspecified atom stereocenters. The molecule has 0 spiro atoms. The standard InChI is InChI=1S/C14H12N2O2S/c17-7-2-4-12-3-1-6-15-13(12)14(18)16-9-11-5-8-19-10-11/h1,3,5-6,8,10,17H,7,9H2,(H,16,18). The summed E-state index contributed by atoms with van der Waals surface area (Å²) in [6.07, 6.45) is 1.55. The highest BCUT2D eigenvalue weighted by atomic mass is 32.1. The second-order valence-corrected chi connectivity index (χ2v) is 4.45. The first-order valence-corrected chi connectivity index (χ1v) is 6.59. The number of aliphatic hydroxyl groups excluding tert-OH is 1. The normalized spacial score (nSPS) is 9.53. The van der Waals surface area contributed by atoms with E-state index in [0.717, 1.165) is 5.56 Å². The van der Waals surface area contributed by atoms with Gasteiger partial charge in [0.25, 0.3) is 5.91 Å². The van der Waals surface area contributed by atoms with E-state index in [2.05, 4.69) is 22.1 Å². The van der Waals surface area contributed by atoms with Gasteiger partial charge in [0.05, 0.1) is 5.56 Å². The molecule has 0 saturated heterocycles. The van der Waals surface area contributed by atoms with E-state index in [0.29, 0.717) is 12.1 Å². The van der Waals surface area contributed by atoms with Crippen LogP contribution in [-0.2, 0) is 6.54 Å². The molecular weight excluding hydrogens is 260 g/mol. The molecule has 0 aliphatic rings. The van der Waals surface area contributed by atoms with Crippen LogP contribution in [0.1, 0.15) is 21.6 Å². The predicted molar refractivity (Wildman–Crippen MR) is 73.7 cm³/mol. The first-order chi connectivity index (χ1) is 9.31. The van der Waals surface area contributed by atoms with Crippen molar-refractivity contribution < 1.29 is 9.90 Å². The number of amides is 1. The minimum absolute atomic E-state index is 0.245. The Morgan fingerprint density at radius 3 is 3.11 bits per heavy atom. The van der Waals surface area contributed by atoms with E-state index in [1.807, 2.05) is 16.8 Å². The number of thiophene rings is 1. The summed E-state index contributed by atoms with van der Waals surface area (Å²) in [4.78, 5) is 16.1. The minimum atomic E-state index is -0.269. The molecule has 0 atom stereocenters. The van der Waals surface area contributed by atoms with Crippen LogP contribution in [0.25, 0.3) is 0 Å². The number of hydrogen-bond acceptors (Lipinski definition) is 4. The summed E-state index contributed by atoms with van der Waals surface area (Å²) in [7, 11) is 0. The van der Waals surface area contributed by atoms with Gasteiger partial charge in [-0.3, -0.25) is 4.79 Å². The summed E-state index contributed by atoms with van der Waals surface area (Å²) in [6.45, 7) is 0.219. The Balaban J connectivity index is 2.10. The maximum Gasteiger partial charge on any atom is 0.271 e. The fourth-order valence-electron chi connectivity index (χ4n) is 1.48. The van der Waals surface area contributed by atoms with Gasteiger partial charge in [0, 0.05) is 12.7 Å². The lowest BCUT2D eigenvalue weighted by Gasteiger charge is -2.04. The van der Waals surface area contributed by atoms with Crippen LogP contribution in [0.3, 0.4) is 0 Å². The van der Waals surface area contributed by atoms with Crippen LogP contribution in [0, 0.1) is 11.8 Å². The summed E-state index contributed by atoms with van der Waals surface area (Å²) >= 11 is 1.58. The number of hydrogen-bond donors (Lipinski definition) is 2. The van der Waals surface area contributed by atoms with Crippen LogP contribution in [-0.4, -0.2) is 22.6 Å². The second kappa shape index (κ2) is 6.69. The average molecular weight is 272 g/mol. The van der Waals surface area contributed by atoms with E-state index in [-0.39, 0.29) is 18.2 Å². The first-order valence-electron chi connectivity index (χ1n) is 5.65. The van der Waals surface area contributed by atoms with Crippen LogP contribution in [0.4, 0.5) is 0 Å². The number of carbonyl (C=O) groups excluding carboxylic acids is 1. The Bertz CT molecular complexity index is 612.